The molecule has 0 heterocycles. The molecule has 0 fully saturated rings. The van der Waals surface area contributed by atoms with Gasteiger partial charge in [-0.3, -0.25) is 0 Å². The molecule has 0 aromatic rings. The van der Waals surface area contributed by atoms with E-state index in [9.17, 15) is 0 Å². The highest BCUT2D eigenvalue weighted by atomic mass is 16.5. The van der Waals surface area contributed by atoms with E-state index in [0.29, 0.717) is 12.5 Å². The maximum atomic E-state index is 9.12. The summed E-state index contributed by atoms with van der Waals surface area (Å²) in [6.07, 6.45) is 2.33. The molecule has 0 aromatic carbocycles. The molecule has 3 heteroatoms. The van der Waals surface area contributed by atoms with Crippen LogP contribution in [0, 0.1) is 5.92 Å². The third-order valence-electron chi connectivity index (χ3n) is 2.34. The summed E-state index contributed by atoms with van der Waals surface area (Å²) in [5.41, 5.74) is 0. The molecule has 13 heavy (non-hydrogen) atoms. The number of rotatable bonds is 8. The topological polar surface area (TPSA) is 41.5 Å². The predicted molar refractivity (Wildman–Crippen MR) is 54.8 cm³/mol. The summed E-state index contributed by atoms with van der Waals surface area (Å²) >= 11 is 0. The van der Waals surface area contributed by atoms with Gasteiger partial charge in [0.05, 0.1) is 13.2 Å². The Balaban J connectivity index is 3.60. The molecule has 0 radical (unpaired) electrons. The quantitative estimate of drug-likeness (QED) is 0.560. The monoisotopic (exact) mass is 189 g/mol. The number of aliphatic hydroxyl groups is 1. The molecule has 2 atom stereocenters. The average Bonchev–Trinajstić information content (AvgIpc) is 2.13. The number of hydrogen-bond donors (Lipinski definition) is 2. The van der Waals surface area contributed by atoms with Crippen molar-refractivity contribution in [1.29, 1.82) is 0 Å². The number of hydrogen-bond acceptors (Lipinski definition) is 3. The van der Waals surface area contributed by atoms with Gasteiger partial charge in [-0.1, -0.05) is 20.3 Å². The number of nitrogens with one attached hydrogen (secondary N) is 1. The van der Waals surface area contributed by atoms with Crippen molar-refractivity contribution in [2.45, 2.75) is 32.7 Å². The Labute approximate surface area is 81.5 Å². The van der Waals surface area contributed by atoms with Crippen LogP contribution < -0.4 is 5.32 Å². The van der Waals surface area contributed by atoms with Crippen LogP contribution in [0.15, 0.2) is 0 Å². The minimum atomic E-state index is 0.213. The summed E-state index contributed by atoms with van der Waals surface area (Å²) in [4.78, 5) is 0. The van der Waals surface area contributed by atoms with Gasteiger partial charge in [0.1, 0.15) is 0 Å². The molecule has 0 aromatic heterocycles. The molecule has 0 amide bonds. The molecule has 2 N–H and O–H groups in total. The van der Waals surface area contributed by atoms with Crippen molar-refractivity contribution >= 4 is 0 Å². The van der Waals surface area contributed by atoms with Gasteiger partial charge < -0.3 is 15.2 Å². The molecule has 0 aliphatic rings. The van der Waals surface area contributed by atoms with E-state index in [1.54, 1.807) is 7.11 Å². The van der Waals surface area contributed by atoms with Crippen molar-refractivity contribution in [2.75, 3.05) is 26.9 Å². The molecule has 0 saturated carbocycles. The van der Waals surface area contributed by atoms with Crippen LogP contribution in [0.2, 0.25) is 0 Å². The van der Waals surface area contributed by atoms with Gasteiger partial charge in [0.2, 0.25) is 0 Å². The van der Waals surface area contributed by atoms with Crippen LogP contribution in [0.3, 0.4) is 0 Å². The Bertz CT molecular complexity index is 109. The Morgan fingerprint density at radius 2 is 2.15 bits per heavy atom. The summed E-state index contributed by atoms with van der Waals surface area (Å²) in [6, 6.07) is 0.218. The van der Waals surface area contributed by atoms with Crippen molar-refractivity contribution in [3.05, 3.63) is 0 Å². The molecule has 0 rings (SSSR count). The van der Waals surface area contributed by atoms with Crippen LogP contribution in [-0.2, 0) is 4.74 Å². The average molecular weight is 189 g/mol. The largest absolute Gasteiger partial charge is 0.395 e. The molecule has 80 valence electrons. The minimum absolute atomic E-state index is 0.213. The zero-order valence-corrected chi connectivity index (χ0v) is 9.05. The lowest BCUT2D eigenvalue weighted by molar-refractivity contribution is 0.166. The lowest BCUT2D eigenvalue weighted by atomic mass is 9.97. The minimum Gasteiger partial charge on any atom is -0.395 e. The van der Waals surface area contributed by atoms with Crippen LogP contribution in [0.5, 0.6) is 0 Å². The van der Waals surface area contributed by atoms with Gasteiger partial charge in [0, 0.05) is 19.7 Å². The van der Waals surface area contributed by atoms with E-state index in [1.165, 1.54) is 6.42 Å². The van der Waals surface area contributed by atoms with E-state index in [-0.39, 0.29) is 12.6 Å². The number of methoxy groups -OCH3 is 1. The normalized spacial score (nSPS) is 15.7. The van der Waals surface area contributed by atoms with Crippen molar-refractivity contribution < 1.29 is 9.84 Å². The van der Waals surface area contributed by atoms with Crippen molar-refractivity contribution in [3.63, 3.8) is 0 Å². The van der Waals surface area contributed by atoms with Gasteiger partial charge in [-0.25, -0.2) is 0 Å². The highest BCUT2D eigenvalue weighted by Crippen LogP contribution is 2.09. The van der Waals surface area contributed by atoms with Crippen molar-refractivity contribution in [2.24, 2.45) is 5.92 Å². The molecule has 3 nitrogen and oxygen atoms in total. The Kier molecular flexibility index (Phi) is 8.40. The molecule has 0 aliphatic carbocycles. The van der Waals surface area contributed by atoms with Gasteiger partial charge in [-0.05, 0) is 12.3 Å². The second kappa shape index (κ2) is 8.48. The number of ether oxygens (including phenoxy) is 1. The van der Waals surface area contributed by atoms with E-state index in [2.05, 4.69) is 19.2 Å². The third kappa shape index (κ3) is 6.02. The summed E-state index contributed by atoms with van der Waals surface area (Å²) < 4.78 is 4.93. The maximum absolute atomic E-state index is 9.12. The molecule has 0 aliphatic heterocycles. The SMILES string of the molecule is CCCC(C)C(CO)NCCOC. The van der Waals surface area contributed by atoms with E-state index in [4.69, 9.17) is 9.84 Å². The first kappa shape index (κ1) is 12.9. The van der Waals surface area contributed by atoms with E-state index >= 15 is 0 Å². The molecular weight excluding hydrogens is 166 g/mol. The fourth-order valence-electron chi connectivity index (χ4n) is 1.45. The molecule has 0 bridgehead atoms. The summed E-state index contributed by atoms with van der Waals surface area (Å²) in [7, 11) is 1.69. The van der Waals surface area contributed by atoms with Gasteiger partial charge in [-0.2, -0.15) is 0 Å². The molecule has 0 spiro atoms. The highest BCUT2D eigenvalue weighted by molar-refractivity contribution is 4.71. The van der Waals surface area contributed by atoms with Crippen molar-refractivity contribution in [3.8, 4) is 0 Å². The van der Waals surface area contributed by atoms with E-state index in [0.717, 1.165) is 13.0 Å². The van der Waals surface area contributed by atoms with Crippen LogP contribution >= 0.6 is 0 Å². The standard InChI is InChI=1S/C10H23NO2/c1-4-5-9(2)10(8-12)11-6-7-13-3/h9-12H,4-8H2,1-3H3. The zero-order chi connectivity index (χ0) is 10.1. The second-order valence-corrected chi connectivity index (χ2v) is 3.50. The van der Waals surface area contributed by atoms with Gasteiger partial charge in [0.25, 0.3) is 0 Å². The van der Waals surface area contributed by atoms with Crippen LogP contribution in [0.1, 0.15) is 26.7 Å². The Morgan fingerprint density at radius 1 is 1.46 bits per heavy atom. The number of aliphatic hydroxyl groups excluding tert-OH is 1. The highest BCUT2D eigenvalue weighted by Gasteiger charge is 2.13. The van der Waals surface area contributed by atoms with E-state index in [1.807, 2.05) is 0 Å². The fraction of sp³-hybridized carbons (Fsp3) is 1.00. The summed E-state index contributed by atoms with van der Waals surface area (Å²) in [5.74, 6) is 0.534. The first-order chi connectivity index (χ1) is 6.26. The summed E-state index contributed by atoms with van der Waals surface area (Å²) in [5, 5.41) is 12.4. The predicted octanol–water partition coefficient (Wildman–Crippen LogP) is 1.02. The second-order valence-electron chi connectivity index (χ2n) is 3.50. The molecule has 0 saturated heterocycles. The molecule has 2 unspecified atom stereocenters. The van der Waals surface area contributed by atoms with Gasteiger partial charge in [-0.15, -0.1) is 0 Å². The first-order valence-corrected chi connectivity index (χ1v) is 5.09. The smallest absolute Gasteiger partial charge is 0.0587 e. The summed E-state index contributed by atoms with van der Waals surface area (Å²) in [6.45, 7) is 6.07. The first-order valence-electron chi connectivity index (χ1n) is 5.09. The van der Waals surface area contributed by atoms with Gasteiger partial charge >= 0.3 is 0 Å². The lowest BCUT2D eigenvalue weighted by Gasteiger charge is -2.22. The van der Waals surface area contributed by atoms with Crippen LogP contribution in [0.4, 0.5) is 0 Å². The maximum Gasteiger partial charge on any atom is 0.0587 e. The Hall–Kier alpha value is -0.120. The van der Waals surface area contributed by atoms with Crippen molar-refractivity contribution in [1.82, 2.24) is 5.32 Å². The lowest BCUT2D eigenvalue weighted by Crippen LogP contribution is -2.39. The molecular formula is C10H23NO2. The van der Waals surface area contributed by atoms with Gasteiger partial charge in [0.15, 0.2) is 0 Å². The van der Waals surface area contributed by atoms with Crippen LogP contribution in [-0.4, -0.2) is 38.0 Å². The fourth-order valence-corrected chi connectivity index (χ4v) is 1.45. The third-order valence-corrected chi connectivity index (χ3v) is 2.34. The Morgan fingerprint density at radius 3 is 2.62 bits per heavy atom. The zero-order valence-electron chi connectivity index (χ0n) is 9.05. The van der Waals surface area contributed by atoms with E-state index < -0.39 is 0 Å². The van der Waals surface area contributed by atoms with Crippen LogP contribution in [0.25, 0.3) is 0 Å².